The monoisotopic (exact) mass is 194 g/mol. The number of aromatic carboxylic acids is 1. The Labute approximate surface area is 80.8 Å². The molecule has 1 aromatic heterocycles. The maximum atomic E-state index is 10.7. The van der Waals surface area contributed by atoms with Crippen LogP contribution < -0.4 is 5.32 Å². The Morgan fingerprint density at radius 2 is 2.14 bits per heavy atom. The summed E-state index contributed by atoms with van der Waals surface area (Å²) >= 11 is 0. The van der Waals surface area contributed by atoms with Crippen LogP contribution in [0, 0.1) is 6.92 Å². The molecule has 1 amide bonds. The second kappa shape index (κ2) is 3.87. The molecule has 1 aromatic rings. The van der Waals surface area contributed by atoms with Crippen molar-refractivity contribution in [2.75, 3.05) is 5.32 Å². The van der Waals surface area contributed by atoms with E-state index in [1.807, 2.05) is 0 Å². The minimum atomic E-state index is -1.02. The third-order valence-electron chi connectivity index (χ3n) is 1.65. The van der Waals surface area contributed by atoms with E-state index in [0.29, 0.717) is 11.4 Å². The van der Waals surface area contributed by atoms with E-state index in [1.165, 1.54) is 19.2 Å². The molecule has 0 atom stereocenters. The number of rotatable bonds is 2. The van der Waals surface area contributed by atoms with Gasteiger partial charge in [-0.3, -0.25) is 4.79 Å². The van der Waals surface area contributed by atoms with Crippen molar-refractivity contribution in [1.29, 1.82) is 0 Å². The number of anilines is 1. The normalized spacial score (nSPS) is 9.57. The van der Waals surface area contributed by atoms with E-state index in [2.05, 4.69) is 10.3 Å². The van der Waals surface area contributed by atoms with Gasteiger partial charge in [-0.05, 0) is 18.6 Å². The summed E-state index contributed by atoms with van der Waals surface area (Å²) in [6.07, 6.45) is 1.23. The fourth-order valence-electron chi connectivity index (χ4n) is 1.03. The summed E-state index contributed by atoms with van der Waals surface area (Å²) in [4.78, 5) is 25.1. The van der Waals surface area contributed by atoms with Gasteiger partial charge in [0.05, 0.1) is 5.56 Å². The Kier molecular flexibility index (Phi) is 2.81. The van der Waals surface area contributed by atoms with Crippen molar-refractivity contribution >= 4 is 17.7 Å². The Balaban J connectivity index is 3.00. The summed E-state index contributed by atoms with van der Waals surface area (Å²) in [7, 11) is 0. The number of carboxylic acid groups (broad SMARTS) is 1. The molecule has 2 N–H and O–H groups in total. The van der Waals surface area contributed by atoms with Crippen LogP contribution in [0.2, 0.25) is 0 Å². The highest BCUT2D eigenvalue weighted by molar-refractivity contribution is 5.91. The van der Waals surface area contributed by atoms with E-state index < -0.39 is 5.97 Å². The van der Waals surface area contributed by atoms with Crippen molar-refractivity contribution in [2.45, 2.75) is 13.8 Å². The number of pyridine rings is 1. The third kappa shape index (κ3) is 2.29. The van der Waals surface area contributed by atoms with Crippen LogP contribution in [0.15, 0.2) is 12.3 Å². The third-order valence-corrected chi connectivity index (χ3v) is 1.65. The standard InChI is InChI=1S/C9H10N2O3/c1-5-3-8(11-6(2)12)10-4-7(5)9(13)14/h3-4H,1-2H3,(H,13,14)(H,10,11,12). The van der Waals surface area contributed by atoms with Crippen LogP contribution in [0.5, 0.6) is 0 Å². The number of nitrogens with zero attached hydrogens (tertiary/aromatic N) is 1. The summed E-state index contributed by atoms with van der Waals surface area (Å²) in [5.74, 6) is -0.899. The smallest absolute Gasteiger partial charge is 0.337 e. The number of hydrogen-bond donors (Lipinski definition) is 2. The molecule has 0 aliphatic carbocycles. The Bertz CT molecular complexity index is 388. The van der Waals surface area contributed by atoms with Crippen LogP contribution >= 0.6 is 0 Å². The molecule has 0 saturated heterocycles. The number of amides is 1. The van der Waals surface area contributed by atoms with Gasteiger partial charge in [0.2, 0.25) is 5.91 Å². The van der Waals surface area contributed by atoms with Crippen molar-refractivity contribution in [3.8, 4) is 0 Å². The minimum absolute atomic E-state index is 0.138. The summed E-state index contributed by atoms with van der Waals surface area (Å²) in [6.45, 7) is 3.01. The molecular formula is C9H10N2O3. The molecule has 0 aromatic carbocycles. The second-order valence-corrected chi connectivity index (χ2v) is 2.87. The van der Waals surface area contributed by atoms with Crippen LogP contribution in [-0.4, -0.2) is 22.0 Å². The van der Waals surface area contributed by atoms with Gasteiger partial charge in [-0.15, -0.1) is 0 Å². The molecule has 0 radical (unpaired) electrons. The lowest BCUT2D eigenvalue weighted by molar-refractivity contribution is -0.114. The lowest BCUT2D eigenvalue weighted by Crippen LogP contribution is -2.09. The highest BCUT2D eigenvalue weighted by Crippen LogP contribution is 2.11. The summed E-state index contributed by atoms with van der Waals surface area (Å²) in [6, 6.07) is 1.52. The lowest BCUT2D eigenvalue weighted by Gasteiger charge is -2.04. The van der Waals surface area contributed by atoms with Gasteiger partial charge in [-0.25, -0.2) is 9.78 Å². The number of carbonyl (C=O) groups excluding carboxylic acids is 1. The van der Waals surface area contributed by atoms with E-state index in [-0.39, 0.29) is 11.5 Å². The zero-order valence-electron chi connectivity index (χ0n) is 7.87. The summed E-state index contributed by atoms with van der Waals surface area (Å²) < 4.78 is 0. The molecular weight excluding hydrogens is 184 g/mol. The average Bonchev–Trinajstić information content (AvgIpc) is 2.01. The van der Waals surface area contributed by atoms with Gasteiger partial charge in [0, 0.05) is 13.1 Å². The topological polar surface area (TPSA) is 79.3 Å². The first kappa shape index (κ1) is 10.2. The van der Waals surface area contributed by atoms with Crippen LogP contribution in [0.25, 0.3) is 0 Å². The largest absolute Gasteiger partial charge is 0.478 e. The molecule has 1 heterocycles. The van der Waals surface area contributed by atoms with Crippen LogP contribution in [0.1, 0.15) is 22.8 Å². The second-order valence-electron chi connectivity index (χ2n) is 2.87. The highest BCUT2D eigenvalue weighted by atomic mass is 16.4. The van der Waals surface area contributed by atoms with Gasteiger partial charge in [0.25, 0.3) is 0 Å². The van der Waals surface area contributed by atoms with Gasteiger partial charge in [-0.2, -0.15) is 0 Å². The molecule has 0 fully saturated rings. The van der Waals surface area contributed by atoms with E-state index in [9.17, 15) is 9.59 Å². The molecule has 0 aliphatic heterocycles. The lowest BCUT2D eigenvalue weighted by atomic mass is 10.1. The van der Waals surface area contributed by atoms with Crippen molar-refractivity contribution in [3.63, 3.8) is 0 Å². The quantitative estimate of drug-likeness (QED) is 0.737. The maximum absolute atomic E-state index is 10.7. The molecule has 0 bridgehead atoms. The number of nitrogens with one attached hydrogen (secondary N) is 1. The van der Waals surface area contributed by atoms with Crippen molar-refractivity contribution in [1.82, 2.24) is 4.98 Å². The highest BCUT2D eigenvalue weighted by Gasteiger charge is 2.08. The summed E-state index contributed by atoms with van der Waals surface area (Å²) in [5.41, 5.74) is 0.704. The van der Waals surface area contributed by atoms with Gasteiger partial charge in [0.1, 0.15) is 5.82 Å². The van der Waals surface area contributed by atoms with E-state index in [4.69, 9.17) is 5.11 Å². The number of aromatic nitrogens is 1. The molecule has 5 heteroatoms. The minimum Gasteiger partial charge on any atom is -0.478 e. The first-order valence-electron chi connectivity index (χ1n) is 3.98. The Morgan fingerprint density at radius 1 is 1.50 bits per heavy atom. The van der Waals surface area contributed by atoms with Gasteiger partial charge in [0.15, 0.2) is 0 Å². The fourth-order valence-corrected chi connectivity index (χ4v) is 1.03. The predicted molar refractivity (Wildman–Crippen MR) is 50.2 cm³/mol. The molecule has 0 aliphatic rings. The Morgan fingerprint density at radius 3 is 2.57 bits per heavy atom. The first-order chi connectivity index (χ1) is 6.50. The molecule has 0 unspecified atom stereocenters. The van der Waals surface area contributed by atoms with Crippen molar-refractivity contribution in [2.24, 2.45) is 0 Å². The average molecular weight is 194 g/mol. The maximum Gasteiger partial charge on any atom is 0.337 e. The van der Waals surface area contributed by atoms with E-state index >= 15 is 0 Å². The SMILES string of the molecule is CC(=O)Nc1cc(C)c(C(=O)O)cn1. The van der Waals surface area contributed by atoms with Crippen molar-refractivity contribution < 1.29 is 14.7 Å². The van der Waals surface area contributed by atoms with Crippen LogP contribution in [0.3, 0.4) is 0 Å². The zero-order valence-corrected chi connectivity index (χ0v) is 7.87. The molecule has 14 heavy (non-hydrogen) atoms. The Hall–Kier alpha value is -1.91. The van der Waals surface area contributed by atoms with Gasteiger partial charge in [-0.1, -0.05) is 0 Å². The molecule has 0 saturated carbocycles. The van der Waals surface area contributed by atoms with E-state index in [1.54, 1.807) is 6.92 Å². The zero-order chi connectivity index (χ0) is 10.7. The van der Waals surface area contributed by atoms with E-state index in [0.717, 1.165) is 0 Å². The van der Waals surface area contributed by atoms with Crippen LogP contribution in [-0.2, 0) is 4.79 Å². The van der Waals surface area contributed by atoms with Crippen LogP contribution in [0.4, 0.5) is 5.82 Å². The molecule has 5 nitrogen and oxygen atoms in total. The number of hydrogen-bond acceptors (Lipinski definition) is 3. The predicted octanol–water partition coefficient (Wildman–Crippen LogP) is 1.05. The number of carbonyl (C=O) groups is 2. The molecule has 1 rings (SSSR count). The fraction of sp³-hybridized carbons (Fsp3) is 0.222. The first-order valence-corrected chi connectivity index (χ1v) is 3.98. The summed E-state index contributed by atoms with van der Waals surface area (Å²) in [5, 5.41) is 11.2. The number of carboxylic acids is 1. The molecule has 74 valence electrons. The number of aryl methyl sites for hydroxylation is 1. The van der Waals surface area contributed by atoms with Gasteiger partial charge >= 0.3 is 5.97 Å². The van der Waals surface area contributed by atoms with Gasteiger partial charge < -0.3 is 10.4 Å². The molecule has 0 spiro atoms. The van der Waals surface area contributed by atoms with Crippen molar-refractivity contribution in [3.05, 3.63) is 23.4 Å².